The molecule has 0 radical (unpaired) electrons. The zero-order valence-corrected chi connectivity index (χ0v) is 13.0. The van der Waals surface area contributed by atoms with Crippen molar-refractivity contribution in [3.05, 3.63) is 11.4 Å². The van der Waals surface area contributed by atoms with E-state index in [1.165, 1.54) is 11.5 Å². The second-order valence-electron chi connectivity index (χ2n) is 5.05. The molecular weight excluding hydrogens is 274 g/mol. The van der Waals surface area contributed by atoms with E-state index in [-0.39, 0.29) is 12.5 Å². The van der Waals surface area contributed by atoms with Crippen molar-refractivity contribution in [2.45, 2.75) is 20.4 Å². The van der Waals surface area contributed by atoms with E-state index in [2.05, 4.69) is 15.3 Å². The molecule has 1 fully saturated rings. The average molecular weight is 297 g/mol. The van der Waals surface area contributed by atoms with Gasteiger partial charge in [-0.1, -0.05) is 0 Å². The molecule has 0 aromatic carbocycles. The number of hydrogen-bond acceptors (Lipinski definition) is 5. The lowest BCUT2D eigenvalue weighted by Crippen LogP contribution is -2.40. The van der Waals surface area contributed by atoms with Gasteiger partial charge >= 0.3 is 0 Å². The summed E-state index contributed by atoms with van der Waals surface area (Å²) in [5.41, 5.74) is 8.15. The number of carbonyl (C=O) groups excluding carboxylic acids is 1. The Morgan fingerprint density at radius 3 is 2.70 bits per heavy atom. The molecular formula is C13H23N5OS. The van der Waals surface area contributed by atoms with E-state index in [4.69, 9.17) is 5.73 Å². The van der Waals surface area contributed by atoms with Crippen LogP contribution < -0.4 is 11.1 Å². The number of aromatic nitrogens is 2. The van der Waals surface area contributed by atoms with Crippen molar-refractivity contribution in [3.8, 4) is 0 Å². The number of amides is 1. The number of aryl methyl sites for hydroxylation is 1. The molecule has 0 aliphatic carbocycles. The first-order valence-corrected chi connectivity index (χ1v) is 8.09. The van der Waals surface area contributed by atoms with Crippen LogP contribution in [0.5, 0.6) is 0 Å². The molecule has 1 aromatic rings. The normalized spacial score (nSPS) is 16.3. The van der Waals surface area contributed by atoms with Gasteiger partial charge in [-0.05, 0) is 13.8 Å². The highest BCUT2D eigenvalue weighted by Crippen LogP contribution is 2.14. The average Bonchev–Trinajstić information content (AvgIpc) is 2.67. The fraction of sp³-hybridized carbons (Fsp3) is 0.692. The molecule has 1 aliphatic rings. The lowest BCUT2D eigenvalue weighted by molar-refractivity contribution is -0.121. The third-order valence-corrected chi connectivity index (χ3v) is 4.53. The maximum Gasteiger partial charge on any atom is 0.241 e. The van der Waals surface area contributed by atoms with Gasteiger partial charge in [-0.3, -0.25) is 14.4 Å². The van der Waals surface area contributed by atoms with Crippen molar-refractivity contribution in [1.82, 2.24) is 20.0 Å². The molecule has 1 aromatic heterocycles. The van der Waals surface area contributed by atoms with Gasteiger partial charge in [0, 0.05) is 37.7 Å². The smallest absolute Gasteiger partial charge is 0.241 e. The SMILES string of the molecule is Cc1nn(CC(=O)NCCN2CCSCC2)c(C)c1N. The number of anilines is 1. The summed E-state index contributed by atoms with van der Waals surface area (Å²) in [6.07, 6.45) is 0. The fourth-order valence-electron chi connectivity index (χ4n) is 2.23. The Kier molecular flexibility index (Phi) is 5.31. The van der Waals surface area contributed by atoms with Gasteiger partial charge in [0.2, 0.25) is 5.91 Å². The highest BCUT2D eigenvalue weighted by molar-refractivity contribution is 7.99. The first-order chi connectivity index (χ1) is 9.58. The Labute approximate surface area is 124 Å². The van der Waals surface area contributed by atoms with Crippen LogP contribution in [-0.2, 0) is 11.3 Å². The minimum atomic E-state index is -0.0121. The van der Waals surface area contributed by atoms with Gasteiger partial charge in [-0.25, -0.2) is 0 Å². The largest absolute Gasteiger partial charge is 0.396 e. The number of thioether (sulfide) groups is 1. The summed E-state index contributed by atoms with van der Waals surface area (Å²) in [7, 11) is 0. The van der Waals surface area contributed by atoms with Crippen LogP contribution in [0.2, 0.25) is 0 Å². The Hall–Kier alpha value is -1.21. The number of nitrogens with one attached hydrogen (secondary N) is 1. The lowest BCUT2D eigenvalue weighted by atomic mass is 10.3. The van der Waals surface area contributed by atoms with Crippen molar-refractivity contribution in [1.29, 1.82) is 0 Å². The molecule has 0 unspecified atom stereocenters. The number of nitrogens with zero attached hydrogens (tertiary/aromatic N) is 3. The molecule has 20 heavy (non-hydrogen) atoms. The zero-order chi connectivity index (χ0) is 14.5. The monoisotopic (exact) mass is 297 g/mol. The first kappa shape index (κ1) is 15.2. The van der Waals surface area contributed by atoms with Crippen LogP contribution in [-0.4, -0.2) is 58.3 Å². The van der Waals surface area contributed by atoms with Gasteiger partial charge in [0.05, 0.1) is 17.1 Å². The highest BCUT2D eigenvalue weighted by atomic mass is 32.2. The summed E-state index contributed by atoms with van der Waals surface area (Å²) < 4.78 is 1.66. The van der Waals surface area contributed by atoms with Crippen molar-refractivity contribution in [2.24, 2.45) is 0 Å². The zero-order valence-electron chi connectivity index (χ0n) is 12.2. The Morgan fingerprint density at radius 2 is 2.10 bits per heavy atom. The summed E-state index contributed by atoms with van der Waals surface area (Å²) in [5.74, 6) is 2.37. The second-order valence-corrected chi connectivity index (χ2v) is 6.27. The third kappa shape index (κ3) is 3.89. The number of rotatable bonds is 5. The van der Waals surface area contributed by atoms with E-state index in [0.717, 1.165) is 31.0 Å². The van der Waals surface area contributed by atoms with Crippen LogP contribution in [0.4, 0.5) is 5.69 Å². The molecule has 3 N–H and O–H groups in total. The van der Waals surface area contributed by atoms with Gasteiger partial charge in [-0.15, -0.1) is 0 Å². The van der Waals surface area contributed by atoms with E-state index >= 15 is 0 Å². The maximum atomic E-state index is 11.9. The second kappa shape index (κ2) is 6.99. The molecule has 6 nitrogen and oxygen atoms in total. The van der Waals surface area contributed by atoms with Crippen LogP contribution in [0, 0.1) is 13.8 Å². The summed E-state index contributed by atoms with van der Waals surface area (Å²) >= 11 is 1.99. The van der Waals surface area contributed by atoms with Crippen LogP contribution >= 0.6 is 11.8 Å². The minimum absolute atomic E-state index is 0.0121. The molecule has 7 heteroatoms. The number of nitrogen functional groups attached to an aromatic ring is 1. The molecule has 0 spiro atoms. The minimum Gasteiger partial charge on any atom is -0.396 e. The molecule has 2 heterocycles. The van der Waals surface area contributed by atoms with Crippen LogP contribution in [0.1, 0.15) is 11.4 Å². The van der Waals surface area contributed by atoms with Crippen molar-refractivity contribution < 1.29 is 4.79 Å². The van der Waals surface area contributed by atoms with E-state index in [9.17, 15) is 4.79 Å². The van der Waals surface area contributed by atoms with Gasteiger partial charge in [0.1, 0.15) is 6.54 Å². The van der Waals surface area contributed by atoms with Gasteiger partial charge < -0.3 is 11.1 Å². The predicted octanol–water partition coefficient (Wildman–Crippen LogP) is 0.247. The Bertz CT molecular complexity index is 468. The molecule has 0 saturated carbocycles. The van der Waals surface area contributed by atoms with E-state index in [1.54, 1.807) is 4.68 Å². The van der Waals surface area contributed by atoms with Gasteiger partial charge in [0.15, 0.2) is 0 Å². The highest BCUT2D eigenvalue weighted by Gasteiger charge is 2.12. The maximum absolute atomic E-state index is 11.9. The summed E-state index contributed by atoms with van der Waals surface area (Å²) in [6, 6.07) is 0. The van der Waals surface area contributed by atoms with E-state index < -0.39 is 0 Å². The summed E-state index contributed by atoms with van der Waals surface area (Å²) in [5, 5.41) is 7.21. The molecule has 1 aliphatic heterocycles. The molecule has 2 rings (SSSR count). The number of nitrogens with two attached hydrogens (primary N) is 1. The standard InChI is InChI=1S/C13H23N5OS/c1-10-13(14)11(2)18(16-10)9-12(19)15-3-4-17-5-7-20-8-6-17/h3-9,14H2,1-2H3,(H,15,19). The predicted molar refractivity (Wildman–Crippen MR) is 82.9 cm³/mol. The van der Waals surface area contributed by atoms with Gasteiger partial charge in [-0.2, -0.15) is 16.9 Å². The number of carbonyl (C=O) groups is 1. The van der Waals surface area contributed by atoms with Crippen LogP contribution in [0.15, 0.2) is 0 Å². The van der Waals surface area contributed by atoms with E-state index in [1.807, 2.05) is 25.6 Å². The topological polar surface area (TPSA) is 76.2 Å². The van der Waals surface area contributed by atoms with Crippen molar-refractivity contribution in [3.63, 3.8) is 0 Å². The van der Waals surface area contributed by atoms with Crippen LogP contribution in [0.3, 0.4) is 0 Å². The molecule has 1 amide bonds. The molecule has 1 saturated heterocycles. The van der Waals surface area contributed by atoms with Gasteiger partial charge in [0.25, 0.3) is 0 Å². The lowest BCUT2D eigenvalue weighted by Gasteiger charge is -2.25. The molecule has 112 valence electrons. The Balaban J connectivity index is 1.73. The molecule has 0 atom stereocenters. The first-order valence-electron chi connectivity index (χ1n) is 6.94. The van der Waals surface area contributed by atoms with Crippen molar-refractivity contribution >= 4 is 23.4 Å². The summed E-state index contributed by atoms with van der Waals surface area (Å²) in [6.45, 7) is 7.83. The quantitative estimate of drug-likeness (QED) is 0.814. The summed E-state index contributed by atoms with van der Waals surface area (Å²) in [4.78, 5) is 14.3. The third-order valence-electron chi connectivity index (χ3n) is 3.58. The fourth-order valence-corrected chi connectivity index (χ4v) is 3.21. The van der Waals surface area contributed by atoms with Crippen LogP contribution in [0.25, 0.3) is 0 Å². The van der Waals surface area contributed by atoms with Crippen molar-refractivity contribution in [2.75, 3.05) is 43.4 Å². The van der Waals surface area contributed by atoms with E-state index in [0.29, 0.717) is 12.2 Å². The molecule has 0 bridgehead atoms. The number of hydrogen-bond donors (Lipinski definition) is 2. The Morgan fingerprint density at radius 1 is 1.40 bits per heavy atom.